The third-order valence-electron chi connectivity index (χ3n) is 4.79. The first-order valence-corrected chi connectivity index (χ1v) is 8.61. The lowest BCUT2D eigenvalue weighted by molar-refractivity contribution is -0.917. The second-order valence-corrected chi connectivity index (χ2v) is 6.20. The quantitative estimate of drug-likeness (QED) is 0.583. The summed E-state index contributed by atoms with van der Waals surface area (Å²) in [4.78, 5) is 4.27. The molecule has 3 atom stereocenters. The predicted octanol–water partition coefficient (Wildman–Crippen LogP) is 0.155. The topological polar surface area (TPSA) is 35.4 Å². The number of hydrogen-bond acceptors (Lipinski definition) is 4. The summed E-state index contributed by atoms with van der Waals surface area (Å²) >= 11 is 0. The fourth-order valence-corrected chi connectivity index (χ4v) is 3.72. The number of rotatable bonds is 10. The van der Waals surface area contributed by atoms with Crippen LogP contribution >= 0.6 is 0 Å². The highest BCUT2D eigenvalue weighted by atomic mass is 16.5. The van der Waals surface area contributed by atoms with E-state index < -0.39 is 0 Å². The Labute approximate surface area is 129 Å². The van der Waals surface area contributed by atoms with Crippen LogP contribution in [-0.4, -0.2) is 76.9 Å². The van der Waals surface area contributed by atoms with Crippen LogP contribution in [0.2, 0.25) is 0 Å². The number of quaternary nitrogens is 1. The summed E-state index contributed by atoms with van der Waals surface area (Å²) in [6.45, 7) is 8.65. The molecular formula is C16H33N2O3+. The van der Waals surface area contributed by atoms with Crippen LogP contribution in [0.25, 0.3) is 0 Å². The standard InChI is InChI=1S/C16H32N2O3/c1-3-19-10-11-21-13-12-20-9-8-18-14-17(2)15-6-4-5-7-16(15)18/h15-16H,3-14H2,1-2H3/p+1. The minimum atomic E-state index is 0.670. The van der Waals surface area contributed by atoms with Crippen LogP contribution < -0.4 is 4.90 Å². The lowest BCUT2D eigenvalue weighted by Gasteiger charge is -2.28. The van der Waals surface area contributed by atoms with Crippen molar-refractivity contribution in [2.75, 3.05) is 59.9 Å². The molecular weight excluding hydrogens is 268 g/mol. The van der Waals surface area contributed by atoms with Gasteiger partial charge in [0.2, 0.25) is 0 Å². The molecule has 1 N–H and O–H groups in total. The van der Waals surface area contributed by atoms with Crippen molar-refractivity contribution in [3.63, 3.8) is 0 Å². The molecule has 0 radical (unpaired) electrons. The molecule has 0 aromatic rings. The van der Waals surface area contributed by atoms with Gasteiger partial charge in [0.1, 0.15) is 19.3 Å². The summed E-state index contributed by atoms with van der Waals surface area (Å²) in [7, 11) is 2.28. The minimum absolute atomic E-state index is 0.670. The molecule has 1 saturated heterocycles. The fourth-order valence-electron chi connectivity index (χ4n) is 3.72. The molecule has 1 aliphatic carbocycles. The summed E-state index contributed by atoms with van der Waals surface area (Å²) in [6, 6.07) is 1.66. The molecule has 5 nitrogen and oxygen atoms in total. The van der Waals surface area contributed by atoms with Crippen molar-refractivity contribution >= 4 is 0 Å². The maximum atomic E-state index is 5.71. The second-order valence-electron chi connectivity index (χ2n) is 6.20. The van der Waals surface area contributed by atoms with E-state index in [-0.39, 0.29) is 0 Å². The lowest BCUT2D eigenvalue weighted by Crippen LogP contribution is -3.15. The van der Waals surface area contributed by atoms with Gasteiger partial charge in [-0.3, -0.25) is 4.90 Å². The zero-order valence-electron chi connectivity index (χ0n) is 13.8. The van der Waals surface area contributed by atoms with E-state index in [4.69, 9.17) is 14.2 Å². The van der Waals surface area contributed by atoms with Crippen LogP contribution in [0, 0.1) is 0 Å². The van der Waals surface area contributed by atoms with Crippen LogP contribution in [0.15, 0.2) is 0 Å². The zero-order chi connectivity index (χ0) is 14.9. The highest BCUT2D eigenvalue weighted by Gasteiger charge is 2.42. The van der Waals surface area contributed by atoms with Crippen LogP contribution in [0.1, 0.15) is 32.6 Å². The minimum Gasteiger partial charge on any atom is -0.379 e. The first-order chi connectivity index (χ1) is 10.3. The van der Waals surface area contributed by atoms with E-state index in [0.29, 0.717) is 26.4 Å². The lowest BCUT2D eigenvalue weighted by atomic mass is 9.90. The summed E-state index contributed by atoms with van der Waals surface area (Å²) in [5.74, 6) is 0. The Hall–Kier alpha value is -0.200. The van der Waals surface area contributed by atoms with Gasteiger partial charge in [0.25, 0.3) is 0 Å². The van der Waals surface area contributed by atoms with Crippen molar-refractivity contribution in [3.8, 4) is 0 Å². The molecule has 3 unspecified atom stereocenters. The predicted molar refractivity (Wildman–Crippen MR) is 82.6 cm³/mol. The van der Waals surface area contributed by atoms with Gasteiger partial charge in [-0.15, -0.1) is 0 Å². The third kappa shape index (κ3) is 5.49. The molecule has 5 heteroatoms. The van der Waals surface area contributed by atoms with E-state index in [1.165, 1.54) is 32.4 Å². The molecule has 1 saturated carbocycles. The van der Waals surface area contributed by atoms with Gasteiger partial charge < -0.3 is 19.1 Å². The highest BCUT2D eigenvalue weighted by Crippen LogP contribution is 2.22. The molecule has 0 bridgehead atoms. The van der Waals surface area contributed by atoms with Crippen molar-refractivity contribution in [1.82, 2.24) is 4.90 Å². The number of nitrogens with zero attached hydrogens (tertiary/aromatic N) is 1. The van der Waals surface area contributed by atoms with Gasteiger partial charge in [0.15, 0.2) is 0 Å². The molecule has 2 aliphatic rings. The van der Waals surface area contributed by atoms with Crippen molar-refractivity contribution in [1.29, 1.82) is 0 Å². The Balaban J connectivity index is 1.49. The highest BCUT2D eigenvalue weighted by molar-refractivity contribution is 4.84. The Morgan fingerprint density at radius 3 is 2.38 bits per heavy atom. The van der Waals surface area contributed by atoms with E-state index in [9.17, 15) is 0 Å². The monoisotopic (exact) mass is 301 g/mol. The summed E-state index contributed by atoms with van der Waals surface area (Å²) in [5, 5.41) is 0. The molecule has 2 rings (SSSR count). The smallest absolute Gasteiger partial charge is 0.134 e. The molecule has 0 amide bonds. The van der Waals surface area contributed by atoms with E-state index in [1.54, 1.807) is 4.90 Å². The van der Waals surface area contributed by atoms with E-state index in [2.05, 4.69) is 11.9 Å². The van der Waals surface area contributed by atoms with E-state index >= 15 is 0 Å². The first kappa shape index (κ1) is 17.2. The number of nitrogens with one attached hydrogen (secondary N) is 1. The Morgan fingerprint density at radius 1 is 0.952 bits per heavy atom. The van der Waals surface area contributed by atoms with Crippen molar-refractivity contribution in [3.05, 3.63) is 0 Å². The van der Waals surface area contributed by atoms with E-state index in [0.717, 1.165) is 31.8 Å². The Morgan fingerprint density at radius 2 is 1.62 bits per heavy atom. The maximum Gasteiger partial charge on any atom is 0.134 e. The molecule has 0 spiro atoms. The molecule has 0 aromatic heterocycles. The van der Waals surface area contributed by atoms with Crippen molar-refractivity contribution < 1.29 is 19.1 Å². The van der Waals surface area contributed by atoms with Gasteiger partial charge in [-0.1, -0.05) is 6.42 Å². The second kappa shape index (κ2) is 9.74. The van der Waals surface area contributed by atoms with Gasteiger partial charge in [-0.2, -0.15) is 0 Å². The SMILES string of the molecule is CCOCCOCCOCC[NH+]1CN(C)C2CCCCC21. The van der Waals surface area contributed by atoms with Gasteiger partial charge in [-0.05, 0) is 26.8 Å². The molecule has 2 fully saturated rings. The summed E-state index contributed by atoms with van der Waals surface area (Å²) in [6.07, 6.45) is 5.60. The first-order valence-electron chi connectivity index (χ1n) is 8.61. The molecule has 1 heterocycles. The Bertz CT molecular complexity index is 278. The van der Waals surface area contributed by atoms with Gasteiger partial charge in [0, 0.05) is 13.0 Å². The molecule has 1 aliphatic heterocycles. The average Bonchev–Trinajstić information content (AvgIpc) is 2.83. The largest absolute Gasteiger partial charge is 0.379 e. The molecule has 21 heavy (non-hydrogen) atoms. The van der Waals surface area contributed by atoms with Crippen LogP contribution in [-0.2, 0) is 14.2 Å². The number of likely N-dealkylation sites (N-methyl/N-ethyl adjacent to an activating group) is 1. The van der Waals surface area contributed by atoms with Crippen molar-refractivity contribution in [2.45, 2.75) is 44.7 Å². The van der Waals surface area contributed by atoms with E-state index in [1.807, 2.05) is 6.92 Å². The van der Waals surface area contributed by atoms with Crippen molar-refractivity contribution in [2.24, 2.45) is 0 Å². The zero-order valence-corrected chi connectivity index (χ0v) is 13.8. The van der Waals surface area contributed by atoms with Crippen LogP contribution in [0.3, 0.4) is 0 Å². The number of hydrogen-bond donors (Lipinski definition) is 1. The van der Waals surface area contributed by atoms with Crippen LogP contribution in [0.5, 0.6) is 0 Å². The average molecular weight is 301 g/mol. The maximum absolute atomic E-state index is 5.71. The van der Waals surface area contributed by atoms with Gasteiger partial charge in [0.05, 0.1) is 39.1 Å². The molecule has 0 aromatic carbocycles. The van der Waals surface area contributed by atoms with Gasteiger partial charge >= 0.3 is 0 Å². The molecule has 124 valence electrons. The third-order valence-corrected chi connectivity index (χ3v) is 4.79. The van der Waals surface area contributed by atoms with Crippen LogP contribution in [0.4, 0.5) is 0 Å². The normalized spacial score (nSPS) is 29.7. The summed E-state index contributed by atoms with van der Waals surface area (Å²) in [5.41, 5.74) is 0. The Kier molecular flexibility index (Phi) is 7.96. The number of ether oxygens (including phenoxy) is 3. The summed E-state index contributed by atoms with van der Waals surface area (Å²) < 4.78 is 16.4. The van der Waals surface area contributed by atoms with Gasteiger partial charge in [-0.25, -0.2) is 0 Å². The fraction of sp³-hybridized carbons (Fsp3) is 1.00. The number of fused-ring (bicyclic) bond motifs is 1.